The molecular weight excluding hydrogens is 796 g/mol. The van der Waals surface area contributed by atoms with Crippen LogP contribution in [0.3, 0.4) is 0 Å². The zero-order valence-corrected chi connectivity index (χ0v) is 29.0. The van der Waals surface area contributed by atoms with Crippen molar-refractivity contribution in [3.63, 3.8) is 0 Å². The lowest BCUT2D eigenvalue weighted by molar-refractivity contribution is -0.108. The fourth-order valence-electron chi connectivity index (χ4n) is 2.63. The summed E-state index contributed by atoms with van der Waals surface area (Å²) in [7, 11) is 0. The predicted octanol–water partition coefficient (Wildman–Crippen LogP) is 9.82. The van der Waals surface area contributed by atoms with Crippen LogP contribution >= 0.6 is 111 Å². The Kier molecular flexibility index (Phi) is 14.2. The van der Waals surface area contributed by atoms with E-state index in [0.717, 1.165) is 39.2 Å². The van der Waals surface area contributed by atoms with Gasteiger partial charge >= 0.3 is 0 Å². The summed E-state index contributed by atoms with van der Waals surface area (Å²) in [6.07, 6.45) is 0. The number of halogens is 4. The fraction of sp³-hybridized carbons (Fsp3) is 0.240. The lowest BCUT2D eigenvalue weighted by Crippen LogP contribution is -2.03. The molecule has 2 aromatic carbocycles. The molecule has 192 valence electrons. The first kappa shape index (κ1) is 32.5. The van der Waals surface area contributed by atoms with Gasteiger partial charge in [0.25, 0.3) is 0 Å². The Morgan fingerprint density at radius 3 is 1.22 bits per heavy atom. The third-order valence-electron chi connectivity index (χ3n) is 4.34. The van der Waals surface area contributed by atoms with Crippen LogP contribution in [0.2, 0.25) is 0 Å². The van der Waals surface area contributed by atoms with Gasteiger partial charge in [-0.1, -0.05) is 36.7 Å². The highest BCUT2D eigenvalue weighted by Crippen LogP contribution is 2.39. The van der Waals surface area contributed by atoms with Gasteiger partial charge in [-0.3, -0.25) is 14.4 Å². The maximum Gasteiger partial charge on any atom is 0.214 e. The molecule has 2 rings (SSSR count). The zero-order valence-electron chi connectivity index (χ0n) is 19.4. The molecule has 0 atom stereocenters. The van der Waals surface area contributed by atoms with Crippen molar-refractivity contribution in [3.8, 4) is 0 Å². The van der Waals surface area contributed by atoms with E-state index < -0.39 is 0 Å². The van der Waals surface area contributed by atoms with Crippen LogP contribution in [-0.2, 0) is 9.59 Å². The molecule has 0 unspecified atom stereocenters. The summed E-state index contributed by atoms with van der Waals surface area (Å²) in [6.45, 7) is 10.8. The van der Waals surface area contributed by atoms with Gasteiger partial charge in [-0.25, -0.2) is 0 Å². The summed E-state index contributed by atoms with van der Waals surface area (Å²) in [5.41, 5.74) is 2.21. The highest BCUT2D eigenvalue weighted by atomic mass is 79.9. The van der Waals surface area contributed by atoms with Crippen LogP contribution in [0, 0.1) is 0 Å². The molecule has 0 aliphatic carbocycles. The van der Waals surface area contributed by atoms with Crippen molar-refractivity contribution in [2.24, 2.45) is 0 Å². The Morgan fingerprint density at radius 1 is 0.639 bits per heavy atom. The van der Waals surface area contributed by atoms with E-state index in [2.05, 4.69) is 76.9 Å². The number of carbonyl (C=O) groups is 3. The first-order valence-corrected chi connectivity index (χ1v) is 17.5. The van der Waals surface area contributed by atoms with Crippen molar-refractivity contribution < 1.29 is 14.4 Å². The van der Waals surface area contributed by atoms with Crippen LogP contribution < -0.4 is 0 Å². The SMILES string of the molecule is C=C(C)C(=O)SCCSc1c(Br)cc(C(=O)c2cc(Br)c(SCCSC(=O)C(=C)C)c(Br)c2)cc1Br. The second-order valence-corrected chi connectivity index (χ2v) is 15.2. The number of benzene rings is 2. The lowest BCUT2D eigenvalue weighted by Gasteiger charge is -2.12. The van der Waals surface area contributed by atoms with E-state index in [1.807, 2.05) is 24.3 Å². The quantitative estimate of drug-likeness (QED) is 0.0916. The Morgan fingerprint density at radius 2 is 0.944 bits per heavy atom. The third kappa shape index (κ3) is 9.77. The maximum atomic E-state index is 13.3. The molecule has 0 saturated carbocycles. The Balaban J connectivity index is 2.08. The van der Waals surface area contributed by atoms with E-state index in [1.54, 1.807) is 37.4 Å². The second kappa shape index (κ2) is 15.7. The highest BCUT2D eigenvalue weighted by Gasteiger charge is 2.18. The van der Waals surface area contributed by atoms with Gasteiger partial charge in [0, 0.05) is 61.8 Å². The van der Waals surface area contributed by atoms with Crippen molar-refractivity contribution in [1.82, 2.24) is 0 Å². The minimum Gasteiger partial charge on any atom is -0.289 e. The molecule has 0 aromatic heterocycles. The van der Waals surface area contributed by atoms with Crippen LogP contribution in [0.1, 0.15) is 29.8 Å². The summed E-state index contributed by atoms with van der Waals surface area (Å²) in [5.74, 6) is 2.73. The number of thioether (sulfide) groups is 4. The minimum absolute atomic E-state index is 0.00758. The predicted molar refractivity (Wildman–Crippen MR) is 173 cm³/mol. The van der Waals surface area contributed by atoms with Gasteiger partial charge in [-0.15, -0.1) is 23.5 Å². The van der Waals surface area contributed by atoms with E-state index in [1.165, 1.54) is 23.5 Å². The van der Waals surface area contributed by atoms with E-state index >= 15 is 0 Å². The van der Waals surface area contributed by atoms with Crippen molar-refractivity contribution in [2.45, 2.75) is 23.6 Å². The third-order valence-corrected chi connectivity index (χ3v) is 12.7. The smallest absolute Gasteiger partial charge is 0.214 e. The van der Waals surface area contributed by atoms with Gasteiger partial charge in [-0.05, 0) is 113 Å². The van der Waals surface area contributed by atoms with Gasteiger partial charge in [0.1, 0.15) is 0 Å². The van der Waals surface area contributed by atoms with Gasteiger partial charge in [0.2, 0.25) is 10.2 Å². The summed E-state index contributed by atoms with van der Waals surface area (Å²) in [5, 5.41) is 0.0152. The summed E-state index contributed by atoms with van der Waals surface area (Å²) < 4.78 is 3.25. The van der Waals surface area contributed by atoms with Crippen LogP contribution in [0.4, 0.5) is 0 Å². The molecule has 0 amide bonds. The molecule has 0 aliphatic heterocycles. The number of ketones is 1. The molecule has 11 heteroatoms. The van der Waals surface area contributed by atoms with Crippen LogP contribution in [-0.4, -0.2) is 39.0 Å². The van der Waals surface area contributed by atoms with Crippen molar-refractivity contribution in [1.29, 1.82) is 0 Å². The molecule has 0 bridgehead atoms. The van der Waals surface area contributed by atoms with E-state index in [0.29, 0.717) is 33.8 Å². The van der Waals surface area contributed by atoms with Crippen LogP contribution in [0.15, 0.2) is 76.3 Å². The molecule has 36 heavy (non-hydrogen) atoms. The Bertz CT molecular complexity index is 1080. The molecular formula is C25H22Br4O3S4. The second-order valence-electron chi connectivity index (χ2n) is 7.40. The normalized spacial score (nSPS) is 10.8. The Hall–Kier alpha value is 0.250. The molecule has 0 radical (unpaired) electrons. The lowest BCUT2D eigenvalue weighted by atomic mass is 10.0. The molecule has 0 fully saturated rings. The van der Waals surface area contributed by atoms with Gasteiger partial charge < -0.3 is 0 Å². The molecule has 0 saturated heterocycles. The first-order chi connectivity index (χ1) is 16.9. The Labute approximate surface area is 262 Å². The summed E-state index contributed by atoms with van der Waals surface area (Å²) >= 11 is 20.1. The number of hydrogen-bond donors (Lipinski definition) is 0. The van der Waals surface area contributed by atoms with E-state index in [9.17, 15) is 14.4 Å². The highest BCUT2D eigenvalue weighted by molar-refractivity contribution is 9.11. The number of rotatable bonds is 12. The zero-order chi connectivity index (χ0) is 27.0. The van der Waals surface area contributed by atoms with Gasteiger partial charge in [-0.2, -0.15) is 0 Å². The number of hydrogen-bond acceptors (Lipinski definition) is 7. The monoisotopic (exact) mass is 814 g/mol. The van der Waals surface area contributed by atoms with Gasteiger partial charge in [0.15, 0.2) is 5.78 Å². The largest absolute Gasteiger partial charge is 0.289 e. The topological polar surface area (TPSA) is 51.2 Å². The fourth-order valence-corrected chi connectivity index (χ4v) is 9.77. The molecule has 0 heterocycles. The van der Waals surface area contributed by atoms with Crippen molar-refractivity contribution in [3.05, 3.63) is 77.6 Å². The van der Waals surface area contributed by atoms with Crippen molar-refractivity contribution in [2.75, 3.05) is 23.0 Å². The summed E-state index contributed by atoms with van der Waals surface area (Å²) in [6, 6.07) is 7.29. The molecule has 3 nitrogen and oxygen atoms in total. The minimum atomic E-state index is -0.101. The average Bonchev–Trinajstić information content (AvgIpc) is 2.80. The molecule has 0 N–H and O–H groups in total. The molecule has 0 aliphatic rings. The molecule has 0 spiro atoms. The van der Waals surface area contributed by atoms with Crippen LogP contribution in [0.25, 0.3) is 0 Å². The standard InChI is InChI=1S/C25H22Br4O3S4/c1-13(2)24(31)35-7-5-33-22-17(26)9-15(10-18(22)27)21(30)16-11-19(28)23(20(29)12-16)34-6-8-36-25(32)14(3)4/h9-12H,1,3,5-8H2,2,4H3. The summed E-state index contributed by atoms with van der Waals surface area (Å²) in [4.78, 5) is 38.6. The molecule has 2 aromatic rings. The maximum absolute atomic E-state index is 13.3. The van der Waals surface area contributed by atoms with E-state index in [-0.39, 0.29) is 16.0 Å². The van der Waals surface area contributed by atoms with Gasteiger partial charge in [0.05, 0.1) is 0 Å². The van der Waals surface area contributed by atoms with Crippen LogP contribution in [0.5, 0.6) is 0 Å². The number of carbonyl (C=O) groups excluding carboxylic acids is 3. The first-order valence-electron chi connectivity index (χ1n) is 10.4. The van der Waals surface area contributed by atoms with Crippen molar-refractivity contribution >= 4 is 127 Å². The van der Waals surface area contributed by atoms with E-state index in [4.69, 9.17) is 0 Å². The average molecular weight is 818 g/mol.